The van der Waals surface area contributed by atoms with Crippen molar-refractivity contribution in [2.75, 3.05) is 6.61 Å². The second kappa shape index (κ2) is 8.57. The van der Waals surface area contributed by atoms with Gasteiger partial charge in [-0.25, -0.2) is 4.79 Å². The normalized spacial score (nSPS) is 11.3. The van der Waals surface area contributed by atoms with Crippen LogP contribution in [0, 0.1) is 5.41 Å². The van der Waals surface area contributed by atoms with Crippen molar-refractivity contribution in [2.24, 2.45) is 5.41 Å². The summed E-state index contributed by atoms with van der Waals surface area (Å²) in [5, 5.41) is 4.59. The molecule has 0 aliphatic rings. The molecule has 1 amide bonds. The number of carbonyl (C=O) groups is 3. The van der Waals surface area contributed by atoms with Crippen LogP contribution in [0.25, 0.3) is 10.8 Å². The number of ketones is 1. The van der Waals surface area contributed by atoms with Crippen molar-refractivity contribution in [1.29, 1.82) is 0 Å². The van der Waals surface area contributed by atoms with Crippen LogP contribution in [0.5, 0.6) is 0 Å². The second-order valence-corrected chi connectivity index (χ2v) is 8.89. The molecule has 29 heavy (non-hydrogen) atoms. The van der Waals surface area contributed by atoms with Crippen molar-refractivity contribution in [2.45, 2.75) is 27.3 Å². The number of ether oxygens (including phenoxy) is 1. The molecule has 0 fully saturated rings. The Bertz CT molecular complexity index is 1060. The number of thiophene rings is 1. The van der Waals surface area contributed by atoms with Crippen molar-refractivity contribution in [1.82, 2.24) is 5.32 Å². The van der Waals surface area contributed by atoms with Gasteiger partial charge in [-0.3, -0.25) is 9.59 Å². The van der Waals surface area contributed by atoms with Gasteiger partial charge in [0.05, 0.1) is 17.0 Å². The minimum atomic E-state index is -0.524. The largest absolute Gasteiger partial charge is 0.454 e. The number of benzene rings is 2. The average molecular weight is 410 g/mol. The molecule has 3 rings (SSSR count). The number of carbonyl (C=O) groups excluding carboxylic acids is 3. The van der Waals surface area contributed by atoms with Gasteiger partial charge < -0.3 is 10.1 Å². The van der Waals surface area contributed by atoms with E-state index in [2.05, 4.69) is 5.32 Å². The SMILES string of the molecule is CC(C)(C)C(=O)NCc1ccc(C(=O)COC(=O)c2cccc3ccccc23)s1. The topological polar surface area (TPSA) is 72.5 Å². The third-order valence-corrected chi connectivity index (χ3v) is 5.51. The lowest BCUT2D eigenvalue weighted by Gasteiger charge is -2.17. The van der Waals surface area contributed by atoms with E-state index in [9.17, 15) is 14.4 Å². The predicted octanol–water partition coefficient (Wildman–Crippen LogP) is 4.60. The zero-order valence-electron chi connectivity index (χ0n) is 16.7. The first-order chi connectivity index (χ1) is 13.8. The first kappa shape index (κ1) is 20.7. The van der Waals surface area contributed by atoms with Crippen LogP contribution in [0.1, 0.15) is 45.7 Å². The molecule has 1 heterocycles. The fourth-order valence-electron chi connectivity index (χ4n) is 2.74. The highest BCUT2D eigenvalue weighted by atomic mass is 32.1. The zero-order chi connectivity index (χ0) is 21.0. The maximum Gasteiger partial charge on any atom is 0.339 e. The van der Waals surface area contributed by atoms with Crippen LogP contribution in [-0.4, -0.2) is 24.3 Å². The molecule has 0 radical (unpaired) electrons. The van der Waals surface area contributed by atoms with E-state index in [0.717, 1.165) is 15.6 Å². The summed E-state index contributed by atoms with van der Waals surface area (Å²) in [6.45, 7) is 5.57. The van der Waals surface area contributed by atoms with E-state index in [1.807, 2.05) is 51.1 Å². The minimum Gasteiger partial charge on any atom is -0.454 e. The van der Waals surface area contributed by atoms with E-state index in [-0.39, 0.29) is 18.3 Å². The summed E-state index contributed by atoms with van der Waals surface area (Å²) >= 11 is 1.29. The van der Waals surface area contributed by atoms with E-state index in [0.29, 0.717) is 17.0 Å². The fraction of sp³-hybridized carbons (Fsp3) is 0.261. The van der Waals surface area contributed by atoms with Gasteiger partial charge in [0.25, 0.3) is 0 Å². The van der Waals surface area contributed by atoms with E-state index < -0.39 is 11.4 Å². The average Bonchev–Trinajstić information content (AvgIpc) is 3.18. The maximum absolute atomic E-state index is 12.5. The van der Waals surface area contributed by atoms with Crippen LogP contribution in [0.4, 0.5) is 0 Å². The summed E-state index contributed by atoms with van der Waals surface area (Å²) in [6, 6.07) is 16.4. The predicted molar refractivity (Wildman–Crippen MR) is 114 cm³/mol. The number of nitrogens with one attached hydrogen (secondary N) is 1. The molecule has 0 spiro atoms. The molecule has 6 heteroatoms. The number of rotatable bonds is 6. The number of Topliss-reactive ketones (excluding diaryl/α,β-unsaturated/α-hetero) is 1. The van der Waals surface area contributed by atoms with Crippen LogP contribution >= 0.6 is 11.3 Å². The molecule has 2 aromatic carbocycles. The fourth-order valence-corrected chi connectivity index (χ4v) is 3.61. The van der Waals surface area contributed by atoms with Crippen molar-refractivity contribution < 1.29 is 19.1 Å². The Morgan fingerprint density at radius 3 is 2.45 bits per heavy atom. The van der Waals surface area contributed by atoms with Crippen molar-refractivity contribution in [3.63, 3.8) is 0 Å². The highest BCUT2D eigenvalue weighted by Crippen LogP contribution is 2.21. The smallest absolute Gasteiger partial charge is 0.339 e. The zero-order valence-corrected chi connectivity index (χ0v) is 17.5. The molecule has 0 saturated carbocycles. The molecule has 150 valence electrons. The summed E-state index contributed by atoms with van der Waals surface area (Å²) in [6.07, 6.45) is 0. The van der Waals surface area contributed by atoms with Crippen LogP contribution in [-0.2, 0) is 16.1 Å². The van der Waals surface area contributed by atoms with Crippen molar-refractivity contribution in [3.8, 4) is 0 Å². The molecule has 0 aliphatic heterocycles. The Balaban J connectivity index is 1.59. The molecule has 0 bridgehead atoms. The number of hydrogen-bond acceptors (Lipinski definition) is 5. The number of fused-ring (bicyclic) bond motifs is 1. The highest BCUT2D eigenvalue weighted by molar-refractivity contribution is 7.14. The summed E-state index contributed by atoms with van der Waals surface area (Å²) in [7, 11) is 0. The first-order valence-electron chi connectivity index (χ1n) is 9.31. The Morgan fingerprint density at radius 1 is 0.966 bits per heavy atom. The molecule has 0 saturated heterocycles. The van der Waals surface area contributed by atoms with Crippen molar-refractivity contribution in [3.05, 3.63) is 69.9 Å². The highest BCUT2D eigenvalue weighted by Gasteiger charge is 2.21. The Kier molecular flexibility index (Phi) is 6.13. The van der Waals surface area contributed by atoms with Gasteiger partial charge in [-0.15, -0.1) is 11.3 Å². The van der Waals surface area contributed by atoms with Gasteiger partial charge in [0.15, 0.2) is 6.61 Å². The lowest BCUT2D eigenvalue weighted by Crippen LogP contribution is -2.34. The second-order valence-electron chi connectivity index (χ2n) is 7.72. The van der Waals surface area contributed by atoms with E-state index in [1.54, 1.807) is 24.3 Å². The van der Waals surface area contributed by atoms with E-state index >= 15 is 0 Å². The molecule has 0 unspecified atom stereocenters. The van der Waals surface area contributed by atoms with E-state index in [1.165, 1.54) is 11.3 Å². The van der Waals surface area contributed by atoms with Gasteiger partial charge in [0.1, 0.15) is 0 Å². The molecular weight excluding hydrogens is 386 g/mol. The summed E-state index contributed by atoms with van der Waals surface area (Å²) in [4.78, 5) is 38.2. The molecule has 5 nitrogen and oxygen atoms in total. The van der Waals surface area contributed by atoms with Gasteiger partial charge in [-0.1, -0.05) is 57.2 Å². The summed E-state index contributed by atoms with van der Waals surface area (Å²) in [5.41, 5.74) is -0.0289. The Hall–Kier alpha value is -2.99. The van der Waals surface area contributed by atoms with Gasteiger partial charge >= 0.3 is 5.97 Å². The van der Waals surface area contributed by atoms with Crippen LogP contribution < -0.4 is 5.32 Å². The number of esters is 1. The lowest BCUT2D eigenvalue weighted by molar-refractivity contribution is -0.128. The number of hydrogen-bond donors (Lipinski definition) is 1. The molecule has 0 aliphatic carbocycles. The van der Waals surface area contributed by atoms with Gasteiger partial charge in [-0.05, 0) is 29.0 Å². The maximum atomic E-state index is 12.5. The van der Waals surface area contributed by atoms with Gasteiger partial charge in [-0.2, -0.15) is 0 Å². The third-order valence-electron chi connectivity index (χ3n) is 4.38. The summed E-state index contributed by atoms with van der Waals surface area (Å²) in [5.74, 6) is -0.843. The molecule has 3 aromatic rings. The quantitative estimate of drug-likeness (QED) is 0.477. The summed E-state index contributed by atoms with van der Waals surface area (Å²) < 4.78 is 5.25. The van der Waals surface area contributed by atoms with Crippen LogP contribution in [0.15, 0.2) is 54.6 Å². The first-order valence-corrected chi connectivity index (χ1v) is 10.1. The molecule has 1 aromatic heterocycles. The Morgan fingerprint density at radius 2 is 1.69 bits per heavy atom. The lowest BCUT2D eigenvalue weighted by atomic mass is 9.96. The van der Waals surface area contributed by atoms with Gasteiger partial charge in [0, 0.05) is 10.3 Å². The van der Waals surface area contributed by atoms with Crippen molar-refractivity contribution >= 4 is 39.8 Å². The monoisotopic (exact) mass is 409 g/mol. The minimum absolute atomic E-state index is 0.0530. The molecule has 0 atom stereocenters. The standard InChI is InChI=1S/C23H23NO4S/c1-23(2,3)22(27)24-13-16-11-12-20(29-16)19(25)14-28-21(26)18-10-6-8-15-7-4-5-9-17(15)18/h4-12H,13-14H2,1-3H3,(H,24,27). The van der Waals surface area contributed by atoms with Crippen LogP contribution in [0.3, 0.4) is 0 Å². The van der Waals surface area contributed by atoms with Gasteiger partial charge in [0.2, 0.25) is 11.7 Å². The Labute approximate surface area is 173 Å². The number of amides is 1. The molecule has 1 N–H and O–H groups in total. The molecular formula is C23H23NO4S. The van der Waals surface area contributed by atoms with E-state index in [4.69, 9.17) is 4.74 Å². The van der Waals surface area contributed by atoms with Crippen LogP contribution in [0.2, 0.25) is 0 Å². The third kappa shape index (κ3) is 5.09.